The van der Waals surface area contributed by atoms with E-state index < -0.39 is 18.7 Å². The Bertz CT molecular complexity index is 295. The minimum Gasteiger partial charge on any atom is -0.383 e. The Hall–Kier alpha value is -1.04. The maximum atomic E-state index is 12.0. The van der Waals surface area contributed by atoms with E-state index in [1.807, 2.05) is 0 Å². The normalized spacial score (nSPS) is 14.4. The van der Waals surface area contributed by atoms with Gasteiger partial charge in [0.05, 0.1) is 6.33 Å². The quantitative estimate of drug-likeness (QED) is 0.814. The van der Waals surface area contributed by atoms with Gasteiger partial charge in [0.25, 0.3) is 0 Å². The van der Waals surface area contributed by atoms with Crippen LogP contribution in [-0.2, 0) is 13.0 Å². The average Bonchev–Trinajstić information content (AvgIpc) is 2.50. The molecule has 1 rings (SSSR count). The average molecular weight is 208 g/mol. The van der Waals surface area contributed by atoms with Gasteiger partial charge in [-0.1, -0.05) is 0 Å². The van der Waals surface area contributed by atoms with Gasteiger partial charge in [0, 0.05) is 24.9 Å². The van der Waals surface area contributed by atoms with Gasteiger partial charge in [0.15, 0.2) is 6.10 Å². The number of aliphatic hydroxyl groups is 1. The van der Waals surface area contributed by atoms with E-state index in [2.05, 4.69) is 4.98 Å². The van der Waals surface area contributed by atoms with Crippen LogP contribution in [0.3, 0.4) is 0 Å². The van der Waals surface area contributed by atoms with E-state index in [-0.39, 0.29) is 0 Å². The van der Waals surface area contributed by atoms with E-state index in [0.29, 0.717) is 12.2 Å². The maximum absolute atomic E-state index is 12.0. The molecular formula is C8H11F3N2O. The number of imidazole rings is 1. The van der Waals surface area contributed by atoms with Crippen LogP contribution in [0.15, 0.2) is 12.5 Å². The molecule has 80 valence electrons. The number of aryl methyl sites for hydroxylation is 1. The smallest absolute Gasteiger partial charge is 0.383 e. The van der Waals surface area contributed by atoms with Crippen molar-refractivity contribution in [3.8, 4) is 0 Å². The molecule has 1 aromatic heterocycles. The molecule has 0 fully saturated rings. The van der Waals surface area contributed by atoms with Crippen molar-refractivity contribution in [2.24, 2.45) is 0 Å². The third kappa shape index (κ3) is 2.47. The molecule has 0 saturated carbocycles. The van der Waals surface area contributed by atoms with Crippen LogP contribution in [0.5, 0.6) is 0 Å². The molecule has 0 radical (unpaired) electrons. The molecule has 6 heteroatoms. The highest BCUT2D eigenvalue weighted by atomic mass is 19.4. The van der Waals surface area contributed by atoms with Gasteiger partial charge in [-0.25, -0.2) is 4.98 Å². The van der Waals surface area contributed by atoms with E-state index >= 15 is 0 Å². The van der Waals surface area contributed by atoms with Gasteiger partial charge >= 0.3 is 6.18 Å². The Morgan fingerprint density at radius 2 is 2.21 bits per heavy atom. The van der Waals surface area contributed by atoms with Gasteiger partial charge < -0.3 is 9.67 Å². The molecular weight excluding hydrogens is 197 g/mol. The molecule has 0 bridgehead atoms. The zero-order valence-electron chi connectivity index (χ0n) is 7.62. The van der Waals surface area contributed by atoms with Crippen molar-refractivity contribution in [1.82, 2.24) is 9.55 Å². The van der Waals surface area contributed by atoms with E-state index in [1.165, 1.54) is 12.5 Å². The number of halogens is 3. The van der Waals surface area contributed by atoms with E-state index in [0.717, 1.165) is 0 Å². The zero-order valence-corrected chi connectivity index (χ0v) is 7.62. The maximum Gasteiger partial charge on any atom is 0.414 e. The number of hydrogen-bond acceptors (Lipinski definition) is 2. The van der Waals surface area contributed by atoms with Crippen LogP contribution in [0.1, 0.15) is 12.6 Å². The second-order valence-corrected chi connectivity index (χ2v) is 2.93. The minimum absolute atomic E-state index is 0.386. The van der Waals surface area contributed by atoms with Gasteiger partial charge in [-0.15, -0.1) is 0 Å². The molecule has 0 aliphatic rings. The second kappa shape index (κ2) is 4.00. The predicted molar refractivity (Wildman–Crippen MR) is 43.7 cm³/mol. The van der Waals surface area contributed by atoms with Gasteiger partial charge in [-0.3, -0.25) is 0 Å². The Morgan fingerprint density at radius 1 is 1.57 bits per heavy atom. The molecule has 1 aromatic rings. The third-order valence-electron chi connectivity index (χ3n) is 1.92. The predicted octanol–water partition coefficient (Wildman–Crippen LogP) is 1.37. The monoisotopic (exact) mass is 208 g/mol. The highest BCUT2D eigenvalue weighted by Gasteiger charge is 2.38. The third-order valence-corrected chi connectivity index (χ3v) is 1.92. The van der Waals surface area contributed by atoms with E-state index in [4.69, 9.17) is 5.11 Å². The van der Waals surface area contributed by atoms with Crippen molar-refractivity contribution in [1.29, 1.82) is 0 Å². The Morgan fingerprint density at radius 3 is 2.71 bits per heavy atom. The van der Waals surface area contributed by atoms with Gasteiger partial charge in [0.1, 0.15) is 0 Å². The summed E-state index contributed by atoms with van der Waals surface area (Å²) in [6.45, 7) is 2.34. The minimum atomic E-state index is -4.57. The van der Waals surface area contributed by atoms with Crippen LogP contribution in [0, 0.1) is 0 Å². The molecule has 0 aromatic carbocycles. The van der Waals surface area contributed by atoms with Crippen molar-refractivity contribution in [2.75, 3.05) is 0 Å². The van der Waals surface area contributed by atoms with Gasteiger partial charge in [0.2, 0.25) is 0 Å². The van der Waals surface area contributed by atoms with E-state index in [9.17, 15) is 13.2 Å². The van der Waals surface area contributed by atoms with E-state index in [1.54, 1.807) is 11.5 Å². The standard InChI is InChI=1S/C8H11F3N2O/c1-2-13-5-12-4-6(13)3-7(14)8(9,10)11/h4-5,7,14H,2-3H2,1H3. The van der Waals surface area contributed by atoms with Crippen LogP contribution in [-0.4, -0.2) is 26.9 Å². The summed E-state index contributed by atoms with van der Waals surface area (Å²) in [7, 11) is 0. The summed E-state index contributed by atoms with van der Waals surface area (Å²) < 4.78 is 37.6. The van der Waals surface area contributed by atoms with Crippen molar-refractivity contribution < 1.29 is 18.3 Å². The molecule has 1 atom stereocenters. The molecule has 0 spiro atoms. The zero-order chi connectivity index (χ0) is 10.8. The van der Waals surface area contributed by atoms with Gasteiger partial charge in [-0.05, 0) is 6.92 Å². The lowest BCUT2D eigenvalue weighted by atomic mass is 10.2. The summed E-state index contributed by atoms with van der Waals surface area (Å²) in [5.74, 6) is 0. The molecule has 3 nitrogen and oxygen atoms in total. The number of alkyl halides is 3. The molecule has 0 saturated heterocycles. The fourth-order valence-electron chi connectivity index (χ4n) is 1.12. The first-order valence-electron chi connectivity index (χ1n) is 4.19. The topological polar surface area (TPSA) is 38.0 Å². The van der Waals surface area contributed by atoms with Crippen molar-refractivity contribution in [3.63, 3.8) is 0 Å². The van der Waals surface area contributed by atoms with Crippen LogP contribution >= 0.6 is 0 Å². The lowest BCUT2D eigenvalue weighted by molar-refractivity contribution is -0.203. The Balaban J connectivity index is 2.69. The Labute approximate surface area is 79.2 Å². The fourth-order valence-corrected chi connectivity index (χ4v) is 1.12. The number of aromatic nitrogens is 2. The lowest BCUT2D eigenvalue weighted by Gasteiger charge is -2.14. The number of rotatable bonds is 3. The first-order valence-corrected chi connectivity index (χ1v) is 4.19. The highest BCUT2D eigenvalue weighted by Crippen LogP contribution is 2.22. The lowest BCUT2D eigenvalue weighted by Crippen LogP contribution is -2.31. The fraction of sp³-hybridized carbons (Fsp3) is 0.625. The first kappa shape index (κ1) is 11.0. The summed E-state index contributed by atoms with van der Waals surface area (Å²) >= 11 is 0. The molecule has 0 aliphatic heterocycles. The first-order chi connectivity index (χ1) is 6.45. The second-order valence-electron chi connectivity index (χ2n) is 2.93. The molecule has 1 N–H and O–H groups in total. The van der Waals surface area contributed by atoms with Crippen molar-refractivity contribution >= 4 is 0 Å². The molecule has 0 amide bonds. The number of nitrogens with zero attached hydrogens (tertiary/aromatic N) is 2. The summed E-state index contributed by atoms with van der Waals surface area (Å²) in [6, 6.07) is 0. The number of hydrogen-bond donors (Lipinski definition) is 1. The SMILES string of the molecule is CCn1cncc1CC(O)C(F)(F)F. The van der Waals surface area contributed by atoms with Crippen molar-refractivity contribution in [3.05, 3.63) is 18.2 Å². The highest BCUT2D eigenvalue weighted by molar-refractivity contribution is 5.00. The Kier molecular flexibility index (Phi) is 3.15. The van der Waals surface area contributed by atoms with Crippen molar-refractivity contribution in [2.45, 2.75) is 32.2 Å². The van der Waals surface area contributed by atoms with Crippen LogP contribution in [0.25, 0.3) is 0 Å². The molecule has 0 aliphatic carbocycles. The summed E-state index contributed by atoms with van der Waals surface area (Å²) in [5, 5.41) is 8.81. The summed E-state index contributed by atoms with van der Waals surface area (Å²) in [6.07, 6.45) is -4.55. The summed E-state index contributed by atoms with van der Waals surface area (Å²) in [5.41, 5.74) is 0.386. The van der Waals surface area contributed by atoms with Crippen LogP contribution < -0.4 is 0 Å². The van der Waals surface area contributed by atoms with Crippen LogP contribution in [0.2, 0.25) is 0 Å². The number of aliphatic hydroxyl groups excluding tert-OH is 1. The largest absolute Gasteiger partial charge is 0.414 e. The molecule has 14 heavy (non-hydrogen) atoms. The van der Waals surface area contributed by atoms with Gasteiger partial charge in [-0.2, -0.15) is 13.2 Å². The molecule has 1 unspecified atom stereocenters. The van der Waals surface area contributed by atoms with Crippen LogP contribution in [0.4, 0.5) is 13.2 Å². The molecule has 1 heterocycles. The summed E-state index contributed by atoms with van der Waals surface area (Å²) in [4.78, 5) is 3.71.